The Hall–Kier alpha value is -0.870. The van der Waals surface area contributed by atoms with E-state index in [0.717, 1.165) is 18.8 Å². The number of hydrogen-bond acceptors (Lipinski definition) is 3. The smallest absolute Gasteiger partial charge is 0.0658 e. The maximum absolute atomic E-state index is 5.96. The van der Waals surface area contributed by atoms with Gasteiger partial charge in [0.25, 0.3) is 0 Å². The molecule has 1 fully saturated rings. The Balaban J connectivity index is 2.36. The molecule has 4 heteroatoms. The monoisotopic (exact) mass is 208 g/mol. The molecule has 1 aromatic heterocycles. The number of nitrogens with two attached hydrogens (primary N) is 1. The summed E-state index contributed by atoms with van der Waals surface area (Å²) < 4.78 is 2.15. The molecule has 1 saturated heterocycles. The normalized spacial score (nSPS) is 23.3. The minimum absolute atomic E-state index is 0.0770. The third-order valence-corrected chi connectivity index (χ3v) is 3.22. The van der Waals surface area contributed by atoms with Crippen molar-refractivity contribution in [1.82, 2.24) is 15.1 Å². The van der Waals surface area contributed by atoms with Crippen molar-refractivity contribution in [3.8, 4) is 0 Å². The zero-order valence-corrected chi connectivity index (χ0v) is 9.75. The fourth-order valence-corrected chi connectivity index (χ4v) is 2.54. The van der Waals surface area contributed by atoms with Crippen molar-refractivity contribution in [3.05, 3.63) is 17.0 Å². The first kappa shape index (κ1) is 10.6. The quantitative estimate of drug-likeness (QED) is 0.764. The Labute approximate surface area is 90.8 Å². The third-order valence-electron chi connectivity index (χ3n) is 3.22. The molecule has 0 radical (unpaired) electrons. The highest BCUT2D eigenvalue weighted by Gasteiger charge is 2.22. The van der Waals surface area contributed by atoms with Crippen LogP contribution < -0.4 is 11.1 Å². The standard InChI is InChI=1S/C11H20N4/c1-7(12)11-8(2)14-15(9(11)3)10-4-5-13-6-10/h7,10,13H,4-6,12H2,1-3H3. The lowest BCUT2D eigenvalue weighted by Crippen LogP contribution is -2.16. The average molecular weight is 208 g/mol. The molecule has 84 valence electrons. The molecule has 0 spiro atoms. The molecule has 1 aliphatic heterocycles. The lowest BCUT2D eigenvalue weighted by Gasteiger charge is -2.12. The summed E-state index contributed by atoms with van der Waals surface area (Å²) >= 11 is 0. The van der Waals surface area contributed by atoms with Crippen LogP contribution in [-0.2, 0) is 0 Å². The molecule has 0 saturated carbocycles. The predicted molar refractivity (Wildman–Crippen MR) is 60.8 cm³/mol. The number of aromatic nitrogens is 2. The van der Waals surface area contributed by atoms with Gasteiger partial charge >= 0.3 is 0 Å². The molecule has 2 unspecified atom stereocenters. The van der Waals surface area contributed by atoms with E-state index in [1.54, 1.807) is 0 Å². The van der Waals surface area contributed by atoms with Crippen molar-refractivity contribution in [2.45, 2.75) is 39.3 Å². The Kier molecular flexibility index (Phi) is 2.80. The van der Waals surface area contributed by atoms with Crippen LogP contribution in [0.1, 0.15) is 42.4 Å². The summed E-state index contributed by atoms with van der Waals surface area (Å²) in [6, 6.07) is 0.587. The molecule has 2 heterocycles. The fourth-order valence-electron chi connectivity index (χ4n) is 2.54. The zero-order chi connectivity index (χ0) is 11.0. The van der Waals surface area contributed by atoms with Crippen molar-refractivity contribution in [2.75, 3.05) is 13.1 Å². The van der Waals surface area contributed by atoms with E-state index in [0.29, 0.717) is 6.04 Å². The van der Waals surface area contributed by atoms with Gasteiger partial charge in [-0.2, -0.15) is 5.10 Å². The molecule has 15 heavy (non-hydrogen) atoms. The third kappa shape index (κ3) is 1.79. The molecule has 0 aliphatic carbocycles. The first-order chi connectivity index (χ1) is 7.11. The van der Waals surface area contributed by atoms with Gasteiger partial charge in [-0.25, -0.2) is 0 Å². The average Bonchev–Trinajstić information content (AvgIpc) is 2.72. The second-order valence-electron chi connectivity index (χ2n) is 4.46. The summed E-state index contributed by atoms with van der Waals surface area (Å²) in [6.45, 7) is 8.31. The van der Waals surface area contributed by atoms with E-state index < -0.39 is 0 Å². The molecule has 3 N–H and O–H groups in total. The molecule has 2 rings (SSSR count). The van der Waals surface area contributed by atoms with E-state index in [1.807, 2.05) is 13.8 Å². The molecule has 1 aliphatic rings. The Bertz CT molecular complexity index is 348. The SMILES string of the molecule is Cc1nn(C2CCNC2)c(C)c1C(C)N. The van der Waals surface area contributed by atoms with Crippen LogP contribution in [0.2, 0.25) is 0 Å². The minimum atomic E-state index is 0.0770. The van der Waals surface area contributed by atoms with Crippen molar-refractivity contribution in [1.29, 1.82) is 0 Å². The van der Waals surface area contributed by atoms with E-state index in [1.165, 1.54) is 17.7 Å². The highest BCUT2D eigenvalue weighted by Crippen LogP contribution is 2.24. The van der Waals surface area contributed by atoms with E-state index >= 15 is 0 Å². The van der Waals surface area contributed by atoms with E-state index in [9.17, 15) is 0 Å². The fraction of sp³-hybridized carbons (Fsp3) is 0.727. The first-order valence-corrected chi connectivity index (χ1v) is 5.63. The minimum Gasteiger partial charge on any atom is -0.324 e. The molecule has 0 aromatic carbocycles. The zero-order valence-electron chi connectivity index (χ0n) is 9.75. The molecule has 4 nitrogen and oxygen atoms in total. The number of nitrogens with zero attached hydrogens (tertiary/aromatic N) is 2. The van der Waals surface area contributed by atoms with Crippen molar-refractivity contribution >= 4 is 0 Å². The highest BCUT2D eigenvalue weighted by molar-refractivity contribution is 5.28. The van der Waals surface area contributed by atoms with E-state index in [4.69, 9.17) is 5.73 Å². The maximum Gasteiger partial charge on any atom is 0.0658 e. The van der Waals surface area contributed by atoms with Crippen LogP contribution in [0, 0.1) is 13.8 Å². The lowest BCUT2D eigenvalue weighted by atomic mass is 10.1. The largest absolute Gasteiger partial charge is 0.324 e. The van der Waals surface area contributed by atoms with E-state index in [-0.39, 0.29) is 6.04 Å². The van der Waals surface area contributed by atoms with Gasteiger partial charge in [0, 0.05) is 23.8 Å². The summed E-state index contributed by atoms with van der Waals surface area (Å²) in [4.78, 5) is 0. The van der Waals surface area contributed by atoms with Crippen LogP contribution in [0.3, 0.4) is 0 Å². The van der Waals surface area contributed by atoms with Crippen LogP contribution >= 0.6 is 0 Å². The molecular formula is C11H20N4. The number of aryl methyl sites for hydroxylation is 1. The van der Waals surface area contributed by atoms with Crippen molar-refractivity contribution in [2.24, 2.45) is 5.73 Å². The maximum atomic E-state index is 5.96. The van der Waals surface area contributed by atoms with Gasteiger partial charge in [-0.15, -0.1) is 0 Å². The van der Waals surface area contributed by atoms with Gasteiger partial charge in [0.2, 0.25) is 0 Å². The Morgan fingerprint density at radius 1 is 1.53 bits per heavy atom. The second kappa shape index (κ2) is 3.94. The molecule has 0 bridgehead atoms. The Morgan fingerprint density at radius 2 is 2.27 bits per heavy atom. The van der Waals surface area contributed by atoms with Gasteiger partial charge in [-0.1, -0.05) is 0 Å². The molecule has 2 atom stereocenters. The Morgan fingerprint density at radius 3 is 2.73 bits per heavy atom. The van der Waals surface area contributed by atoms with Crippen LogP contribution in [0.5, 0.6) is 0 Å². The summed E-state index contributed by atoms with van der Waals surface area (Å²) in [7, 11) is 0. The summed E-state index contributed by atoms with van der Waals surface area (Å²) in [5, 5.41) is 7.97. The summed E-state index contributed by atoms with van der Waals surface area (Å²) in [5.41, 5.74) is 9.48. The second-order valence-corrected chi connectivity index (χ2v) is 4.46. The highest BCUT2D eigenvalue weighted by atomic mass is 15.3. The van der Waals surface area contributed by atoms with E-state index in [2.05, 4.69) is 22.0 Å². The predicted octanol–water partition coefficient (Wildman–Crippen LogP) is 1.05. The van der Waals surface area contributed by atoms with Crippen LogP contribution in [0.15, 0.2) is 0 Å². The van der Waals surface area contributed by atoms with Crippen LogP contribution in [0.4, 0.5) is 0 Å². The topological polar surface area (TPSA) is 55.9 Å². The van der Waals surface area contributed by atoms with Gasteiger partial charge in [-0.05, 0) is 33.7 Å². The van der Waals surface area contributed by atoms with Crippen molar-refractivity contribution in [3.63, 3.8) is 0 Å². The first-order valence-electron chi connectivity index (χ1n) is 5.63. The van der Waals surface area contributed by atoms with Gasteiger partial charge in [0.05, 0.1) is 11.7 Å². The summed E-state index contributed by atoms with van der Waals surface area (Å²) in [6.07, 6.45) is 1.17. The number of rotatable bonds is 2. The lowest BCUT2D eigenvalue weighted by molar-refractivity contribution is 0.476. The van der Waals surface area contributed by atoms with Crippen molar-refractivity contribution < 1.29 is 0 Å². The molecule has 1 aromatic rings. The van der Waals surface area contributed by atoms with Gasteiger partial charge in [-0.3, -0.25) is 4.68 Å². The molecular weight excluding hydrogens is 188 g/mol. The van der Waals surface area contributed by atoms with Gasteiger partial charge < -0.3 is 11.1 Å². The molecule has 0 amide bonds. The van der Waals surface area contributed by atoms with Gasteiger partial charge in [0.1, 0.15) is 0 Å². The van der Waals surface area contributed by atoms with Gasteiger partial charge in [0.15, 0.2) is 0 Å². The van der Waals surface area contributed by atoms with Crippen LogP contribution in [-0.4, -0.2) is 22.9 Å². The summed E-state index contributed by atoms with van der Waals surface area (Å²) in [5.74, 6) is 0. The number of nitrogens with one attached hydrogen (secondary N) is 1. The van der Waals surface area contributed by atoms with Crippen LogP contribution in [0.25, 0.3) is 0 Å². The number of hydrogen-bond donors (Lipinski definition) is 2.